The van der Waals surface area contributed by atoms with Crippen LogP contribution in [0.1, 0.15) is 26.7 Å². The van der Waals surface area contributed by atoms with E-state index >= 15 is 0 Å². The molecule has 0 aromatic rings. The first-order chi connectivity index (χ1) is 4.12. The Morgan fingerprint density at radius 2 is 1.33 bits per heavy atom. The molecule has 0 aromatic carbocycles. The van der Waals surface area contributed by atoms with Gasteiger partial charge in [-0.2, -0.15) is 0 Å². The van der Waals surface area contributed by atoms with Gasteiger partial charge in [-0.05, 0) is 0 Å². The second-order valence-electron chi connectivity index (χ2n) is 2.36. The molecule has 0 heterocycles. The fraction of sp³-hybridized carbons (Fsp3) is 1.00. The Morgan fingerprint density at radius 3 is 1.56 bits per heavy atom. The Balaban J connectivity index is 3.43. The van der Waals surface area contributed by atoms with Crippen LogP contribution in [0.15, 0.2) is 0 Å². The molecule has 0 aliphatic carbocycles. The van der Waals surface area contributed by atoms with E-state index in [1.165, 1.54) is 21.1 Å². The molecule has 0 atom stereocenters. The molecule has 0 saturated carbocycles. The van der Waals surface area contributed by atoms with Crippen molar-refractivity contribution in [2.24, 2.45) is 0 Å². The molecular formula is C6H14Br2Zr. The SMILES string of the molecule is CC[CH2][Zr]([Br])([Br])[CH2]CC. The van der Waals surface area contributed by atoms with Gasteiger partial charge in [0.2, 0.25) is 0 Å². The number of halogens is 2. The van der Waals surface area contributed by atoms with Crippen LogP contribution in [0.25, 0.3) is 0 Å². The van der Waals surface area contributed by atoms with E-state index in [9.17, 15) is 0 Å². The van der Waals surface area contributed by atoms with Gasteiger partial charge in [-0.3, -0.25) is 0 Å². The van der Waals surface area contributed by atoms with E-state index in [0.29, 0.717) is 0 Å². The van der Waals surface area contributed by atoms with Gasteiger partial charge in [0.15, 0.2) is 0 Å². The zero-order valence-electron chi connectivity index (χ0n) is 6.08. The molecular weight excluding hydrogens is 323 g/mol. The molecule has 0 aromatic heterocycles. The molecule has 0 rings (SSSR count). The maximum atomic E-state index is 3.83. The molecule has 0 N–H and O–H groups in total. The Labute approximate surface area is 74.1 Å². The van der Waals surface area contributed by atoms with E-state index in [0.717, 1.165) is 0 Å². The van der Waals surface area contributed by atoms with E-state index in [1.807, 2.05) is 0 Å². The topological polar surface area (TPSA) is 0 Å². The third-order valence-electron chi connectivity index (χ3n) is 1.23. The third kappa shape index (κ3) is 6.25. The molecule has 0 fully saturated rings. The number of hydrogen-bond acceptors (Lipinski definition) is 0. The van der Waals surface area contributed by atoms with Crippen LogP contribution in [0.3, 0.4) is 0 Å². The van der Waals surface area contributed by atoms with Gasteiger partial charge in [-0.1, -0.05) is 0 Å². The predicted molar refractivity (Wildman–Crippen MR) is 48.1 cm³/mol. The summed E-state index contributed by atoms with van der Waals surface area (Å²) in [5.74, 6) is 0. The summed E-state index contributed by atoms with van der Waals surface area (Å²) in [5.41, 5.74) is 0. The van der Waals surface area contributed by atoms with Crippen LogP contribution in [0, 0.1) is 0 Å². The average Bonchev–Trinajstić information content (AvgIpc) is 1.64. The monoisotopic (exact) mass is 334 g/mol. The molecule has 0 bridgehead atoms. The van der Waals surface area contributed by atoms with Crippen molar-refractivity contribution in [3.05, 3.63) is 0 Å². The Bertz CT molecular complexity index is 65.5. The van der Waals surface area contributed by atoms with Crippen LogP contribution in [0.2, 0.25) is 8.26 Å². The fourth-order valence-corrected chi connectivity index (χ4v) is 14.5. The molecule has 0 nitrogen and oxygen atoms in total. The van der Waals surface area contributed by atoms with Gasteiger partial charge in [0, 0.05) is 0 Å². The van der Waals surface area contributed by atoms with Crippen LogP contribution in [0.4, 0.5) is 0 Å². The van der Waals surface area contributed by atoms with Crippen molar-refractivity contribution in [2.45, 2.75) is 34.9 Å². The molecule has 0 radical (unpaired) electrons. The van der Waals surface area contributed by atoms with Gasteiger partial charge in [-0.25, -0.2) is 0 Å². The molecule has 0 amide bonds. The van der Waals surface area contributed by atoms with Crippen molar-refractivity contribution < 1.29 is 15.6 Å². The van der Waals surface area contributed by atoms with Crippen molar-refractivity contribution in [1.29, 1.82) is 0 Å². The zero-order chi connectivity index (χ0) is 7.33. The van der Waals surface area contributed by atoms with Crippen molar-refractivity contribution >= 4 is 24.4 Å². The molecule has 0 aliphatic heterocycles. The van der Waals surface area contributed by atoms with Gasteiger partial charge in [0.1, 0.15) is 0 Å². The number of rotatable bonds is 4. The van der Waals surface area contributed by atoms with Crippen LogP contribution in [0.5, 0.6) is 0 Å². The quantitative estimate of drug-likeness (QED) is 0.713. The van der Waals surface area contributed by atoms with Gasteiger partial charge in [-0.15, -0.1) is 0 Å². The summed E-state index contributed by atoms with van der Waals surface area (Å²) in [7, 11) is 0. The molecule has 0 unspecified atom stereocenters. The van der Waals surface area contributed by atoms with E-state index in [1.54, 1.807) is 0 Å². The molecule has 0 spiro atoms. The second-order valence-corrected chi connectivity index (χ2v) is 33.3. The molecule has 56 valence electrons. The van der Waals surface area contributed by atoms with Crippen molar-refractivity contribution in [3.8, 4) is 0 Å². The van der Waals surface area contributed by atoms with Crippen LogP contribution in [-0.2, 0) is 15.6 Å². The first-order valence-electron chi connectivity index (χ1n) is 3.50. The fourth-order valence-electron chi connectivity index (χ4n) is 0.857. The van der Waals surface area contributed by atoms with Gasteiger partial charge in [0.05, 0.1) is 0 Å². The number of hydrogen-bond donors (Lipinski definition) is 0. The van der Waals surface area contributed by atoms with E-state index in [-0.39, 0.29) is 0 Å². The Kier molecular flexibility index (Phi) is 6.61. The third-order valence-corrected chi connectivity index (χ3v) is 16.7. The first-order valence-corrected chi connectivity index (χ1v) is 18.2. The average molecular weight is 337 g/mol. The second kappa shape index (κ2) is 5.49. The predicted octanol–water partition coefficient (Wildman–Crippen LogP) is 4.42. The maximum absolute atomic E-state index is 3.83. The summed E-state index contributed by atoms with van der Waals surface area (Å²) >= 11 is 5.91. The Hall–Kier alpha value is 1.84. The van der Waals surface area contributed by atoms with E-state index < -0.39 is 15.6 Å². The summed E-state index contributed by atoms with van der Waals surface area (Å²) in [6, 6.07) is 0. The van der Waals surface area contributed by atoms with Crippen molar-refractivity contribution in [3.63, 3.8) is 0 Å². The summed E-state index contributed by atoms with van der Waals surface area (Å²) in [6.45, 7) is 4.51. The van der Waals surface area contributed by atoms with Gasteiger partial charge >= 0.3 is 75.0 Å². The first kappa shape index (κ1) is 10.8. The molecule has 9 heavy (non-hydrogen) atoms. The van der Waals surface area contributed by atoms with Gasteiger partial charge in [0.25, 0.3) is 0 Å². The summed E-state index contributed by atoms with van der Waals surface area (Å²) in [4.78, 5) is 0. The molecule has 3 heteroatoms. The minimum absolute atomic E-state index is 1.33. The van der Waals surface area contributed by atoms with E-state index in [4.69, 9.17) is 0 Å². The molecule has 0 aliphatic rings. The Morgan fingerprint density at radius 1 is 1.00 bits per heavy atom. The molecule has 0 saturated heterocycles. The summed E-state index contributed by atoms with van der Waals surface area (Å²) in [6.07, 6.45) is 2.65. The van der Waals surface area contributed by atoms with Gasteiger partial charge < -0.3 is 0 Å². The van der Waals surface area contributed by atoms with Crippen LogP contribution >= 0.6 is 24.4 Å². The van der Waals surface area contributed by atoms with E-state index in [2.05, 4.69) is 38.3 Å². The summed E-state index contributed by atoms with van der Waals surface area (Å²) < 4.78 is 2.84. The zero-order valence-corrected chi connectivity index (χ0v) is 11.7. The normalized spacial score (nSPS) is 12.0. The van der Waals surface area contributed by atoms with Crippen LogP contribution in [-0.4, -0.2) is 0 Å². The summed E-state index contributed by atoms with van der Waals surface area (Å²) in [5, 5.41) is 0. The van der Waals surface area contributed by atoms with Crippen LogP contribution < -0.4 is 0 Å². The van der Waals surface area contributed by atoms with Crippen molar-refractivity contribution in [1.82, 2.24) is 0 Å². The standard InChI is InChI=1S/2C3H7.2BrH.Zr/c2*1-3-2;;;/h2*1,3H2,2H3;2*1H;/q;;;;+2/p-2. The minimum atomic E-state index is -1.75. The van der Waals surface area contributed by atoms with Crippen molar-refractivity contribution in [2.75, 3.05) is 0 Å².